The molecule has 21 heavy (non-hydrogen) atoms. The third-order valence-electron chi connectivity index (χ3n) is 4.16. The summed E-state index contributed by atoms with van der Waals surface area (Å²) in [5.41, 5.74) is 0. The Kier molecular flexibility index (Phi) is 6.21. The molecule has 0 bridgehead atoms. The molecule has 0 aromatic carbocycles. The molecule has 1 aromatic rings. The number of nitrogens with zero attached hydrogens (tertiary/aromatic N) is 1. The van der Waals surface area contributed by atoms with Crippen molar-refractivity contribution in [1.29, 1.82) is 0 Å². The fourth-order valence-corrected chi connectivity index (χ4v) is 2.67. The molecule has 1 aliphatic carbocycles. The molecule has 0 radical (unpaired) electrons. The maximum absolute atomic E-state index is 9.99. The van der Waals surface area contributed by atoms with Crippen LogP contribution in [0.1, 0.15) is 57.2 Å². The second kappa shape index (κ2) is 7.92. The van der Waals surface area contributed by atoms with Crippen LogP contribution in [0, 0.1) is 12.8 Å². The highest BCUT2D eigenvalue weighted by Gasteiger charge is 2.20. The van der Waals surface area contributed by atoms with Crippen molar-refractivity contribution in [2.24, 2.45) is 5.92 Å². The lowest BCUT2D eigenvalue weighted by Crippen LogP contribution is -2.34. The first-order valence-corrected chi connectivity index (χ1v) is 8.00. The average molecular weight is 296 g/mol. The first-order valence-electron chi connectivity index (χ1n) is 8.00. The van der Waals surface area contributed by atoms with Gasteiger partial charge in [0.15, 0.2) is 0 Å². The standard InChI is InChI=1S/C16H28N2O3/c1-11-4-6-15(7-5-11)20-10-14(19)9-17-13(3)16-18-8-12(2)21-16/h8,11,13-15,17,19H,4-7,9-10H2,1-3H3. The van der Waals surface area contributed by atoms with E-state index in [9.17, 15) is 5.11 Å². The molecule has 5 nitrogen and oxygen atoms in total. The van der Waals surface area contributed by atoms with Crippen LogP contribution in [0.4, 0.5) is 0 Å². The fourth-order valence-electron chi connectivity index (χ4n) is 2.67. The minimum atomic E-state index is -0.497. The van der Waals surface area contributed by atoms with Gasteiger partial charge in [0, 0.05) is 6.54 Å². The summed E-state index contributed by atoms with van der Waals surface area (Å²) in [6.07, 6.45) is 6.24. The number of nitrogens with one attached hydrogen (secondary N) is 1. The number of aryl methyl sites for hydroxylation is 1. The summed E-state index contributed by atoms with van der Waals surface area (Å²) < 4.78 is 11.3. The van der Waals surface area contributed by atoms with Crippen LogP contribution in [0.15, 0.2) is 10.6 Å². The van der Waals surface area contributed by atoms with E-state index in [1.165, 1.54) is 12.8 Å². The van der Waals surface area contributed by atoms with E-state index in [-0.39, 0.29) is 6.04 Å². The van der Waals surface area contributed by atoms with Gasteiger partial charge < -0.3 is 19.6 Å². The Bertz CT molecular complexity index is 413. The van der Waals surface area contributed by atoms with Crippen molar-refractivity contribution in [2.45, 2.75) is 64.7 Å². The Hall–Kier alpha value is -0.910. The molecule has 1 saturated carbocycles. The van der Waals surface area contributed by atoms with Gasteiger partial charge in [0.1, 0.15) is 5.76 Å². The zero-order valence-electron chi connectivity index (χ0n) is 13.3. The Balaban J connectivity index is 1.62. The van der Waals surface area contributed by atoms with Crippen LogP contribution < -0.4 is 5.32 Å². The highest BCUT2D eigenvalue weighted by molar-refractivity contribution is 4.95. The Morgan fingerprint density at radius 3 is 2.76 bits per heavy atom. The van der Waals surface area contributed by atoms with Crippen LogP contribution in [-0.4, -0.2) is 35.5 Å². The average Bonchev–Trinajstić information content (AvgIpc) is 2.91. The van der Waals surface area contributed by atoms with Gasteiger partial charge in [0.25, 0.3) is 0 Å². The van der Waals surface area contributed by atoms with E-state index in [0.717, 1.165) is 24.5 Å². The van der Waals surface area contributed by atoms with Gasteiger partial charge in [-0.3, -0.25) is 0 Å². The van der Waals surface area contributed by atoms with Crippen LogP contribution in [0.2, 0.25) is 0 Å². The van der Waals surface area contributed by atoms with Crippen LogP contribution in [-0.2, 0) is 4.74 Å². The molecule has 0 spiro atoms. The molecule has 1 aromatic heterocycles. The zero-order chi connectivity index (χ0) is 15.2. The summed E-state index contributed by atoms with van der Waals surface area (Å²) in [6, 6.07) is -0.0103. The normalized spacial score (nSPS) is 25.7. The van der Waals surface area contributed by atoms with Gasteiger partial charge >= 0.3 is 0 Å². The molecule has 1 heterocycles. The Morgan fingerprint density at radius 2 is 2.14 bits per heavy atom. The second-order valence-electron chi connectivity index (χ2n) is 6.31. The molecule has 1 fully saturated rings. The van der Waals surface area contributed by atoms with Crippen molar-refractivity contribution in [1.82, 2.24) is 10.3 Å². The van der Waals surface area contributed by atoms with Crippen LogP contribution in [0.5, 0.6) is 0 Å². The van der Waals surface area contributed by atoms with Gasteiger partial charge in [-0.25, -0.2) is 4.98 Å². The topological polar surface area (TPSA) is 67.5 Å². The van der Waals surface area contributed by atoms with Crippen LogP contribution >= 0.6 is 0 Å². The predicted molar refractivity (Wildman–Crippen MR) is 81.0 cm³/mol. The lowest BCUT2D eigenvalue weighted by Gasteiger charge is -2.27. The molecule has 2 N–H and O–H groups in total. The van der Waals surface area contributed by atoms with E-state index in [4.69, 9.17) is 9.15 Å². The quantitative estimate of drug-likeness (QED) is 0.809. The van der Waals surface area contributed by atoms with Crippen LogP contribution in [0.25, 0.3) is 0 Å². The molecule has 0 saturated heterocycles. The number of hydrogen-bond acceptors (Lipinski definition) is 5. The van der Waals surface area contributed by atoms with Gasteiger partial charge in [-0.1, -0.05) is 6.92 Å². The number of ether oxygens (including phenoxy) is 1. The van der Waals surface area contributed by atoms with Crippen molar-refractivity contribution in [3.63, 3.8) is 0 Å². The lowest BCUT2D eigenvalue weighted by molar-refractivity contribution is -0.0284. The number of aromatic nitrogens is 1. The van der Waals surface area contributed by atoms with E-state index in [2.05, 4.69) is 17.2 Å². The van der Waals surface area contributed by atoms with Crippen molar-refractivity contribution >= 4 is 0 Å². The molecule has 2 atom stereocenters. The van der Waals surface area contributed by atoms with E-state index in [0.29, 0.717) is 25.1 Å². The predicted octanol–water partition coefficient (Wildman–Crippen LogP) is 2.59. The fraction of sp³-hybridized carbons (Fsp3) is 0.812. The Morgan fingerprint density at radius 1 is 1.43 bits per heavy atom. The molecule has 5 heteroatoms. The van der Waals surface area contributed by atoms with Crippen molar-refractivity contribution in [3.8, 4) is 0 Å². The first-order chi connectivity index (χ1) is 10.0. The second-order valence-corrected chi connectivity index (χ2v) is 6.31. The van der Waals surface area contributed by atoms with Gasteiger partial charge in [-0.2, -0.15) is 0 Å². The molecule has 2 unspecified atom stereocenters. The first kappa shape index (κ1) is 16.5. The van der Waals surface area contributed by atoms with Gasteiger partial charge in [-0.15, -0.1) is 0 Å². The monoisotopic (exact) mass is 296 g/mol. The zero-order valence-corrected chi connectivity index (χ0v) is 13.3. The number of hydrogen-bond donors (Lipinski definition) is 2. The number of rotatable bonds is 7. The summed E-state index contributed by atoms with van der Waals surface area (Å²) in [5.74, 6) is 2.28. The van der Waals surface area contributed by atoms with Gasteiger partial charge in [0.05, 0.1) is 31.1 Å². The van der Waals surface area contributed by atoms with Gasteiger partial charge in [0.2, 0.25) is 5.89 Å². The minimum Gasteiger partial charge on any atom is -0.444 e. The summed E-state index contributed by atoms with van der Waals surface area (Å²) >= 11 is 0. The molecule has 1 aliphatic rings. The molecule has 120 valence electrons. The Labute approximate surface area is 127 Å². The van der Waals surface area contributed by atoms with Crippen molar-refractivity contribution in [3.05, 3.63) is 17.8 Å². The molecular formula is C16H28N2O3. The summed E-state index contributed by atoms with van der Waals surface area (Å²) in [6.45, 7) is 7.01. The van der Waals surface area contributed by atoms with Crippen molar-refractivity contribution < 1.29 is 14.3 Å². The summed E-state index contributed by atoms with van der Waals surface area (Å²) in [7, 11) is 0. The van der Waals surface area contributed by atoms with Gasteiger partial charge in [-0.05, 0) is 45.4 Å². The molecule has 0 amide bonds. The molecule has 0 aliphatic heterocycles. The third kappa shape index (κ3) is 5.41. The number of aliphatic hydroxyl groups excluding tert-OH is 1. The van der Waals surface area contributed by atoms with E-state index >= 15 is 0 Å². The van der Waals surface area contributed by atoms with E-state index in [1.54, 1.807) is 6.20 Å². The minimum absolute atomic E-state index is 0.0103. The number of aliphatic hydroxyl groups is 1. The summed E-state index contributed by atoms with van der Waals surface area (Å²) in [4.78, 5) is 4.18. The number of oxazole rings is 1. The van der Waals surface area contributed by atoms with E-state index < -0.39 is 6.10 Å². The van der Waals surface area contributed by atoms with Crippen molar-refractivity contribution in [2.75, 3.05) is 13.2 Å². The third-order valence-corrected chi connectivity index (χ3v) is 4.16. The largest absolute Gasteiger partial charge is 0.444 e. The molecular weight excluding hydrogens is 268 g/mol. The summed E-state index contributed by atoms with van der Waals surface area (Å²) in [5, 5.41) is 13.2. The highest BCUT2D eigenvalue weighted by atomic mass is 16.5. The maximum Gasteiger partial charge on any atom is 0.211 e. The van der Waals surface area contributed by atoms with E-state index in [1.807, 2.05) is 13.8 Å². The SMILES string of the molecule is Cc1cnc(C(C)NCC(O)COC2CCC(C)CC2)o1. The van der Waals surface area contributed by atoms with Crippen LogP contribution in [0.3, 0.4) is 0 Å². The molecule has 2 rings (SSSR count). The maximum atomic E-state index is 9.99. The highest BCUT2D eigenvalue weighted by Crippen LogP contribution is 2.25. The smallest absolute Gasteiger partial charge is 0.211 e. The lowest BCUT2D eigenvalue weighted by atomic mass is 9.89.